The maximum Gasteiger partial charge on any atom is 0.270 e. The molecule has 4 heteroatoms. The minimum atomic E-state index is -2.85. The number of benzene rings is 2. The third kappa shape index (κ3) is 5.42. The first kappa shape index (κ1) is 21.9. The van der Waals surface area contributed by atoms with Crippen LogP contribution in [0.25, 0.3) is 0 Å². The van der Waals surface area contributed by atoms with Gasteiger partial charge in [0, 0.05) is 18.4 Å². The number of thioether (sulfide) groups is 1. The molecule has 2 aromatic rings. The fraction of sp³-hybridized carbons (Fsp3) is 0.440. The summed E-state index contributed by atoms with van der Waals surface area (Å²) in [5.41, 5.74) is 3.36. The summed E-state index contributed by atoms with van der Waals surface area (Å²) in [4.78, 5) is 0. The van der Waals surface area contributed by atoms with Crippen LogP contribution in [-0.2, 0) is 5.92 Å². The van der Waals surface area contributed by atoms with E-state index in [4.69, 9.17) is 4.74 Å². The smallest absolute Gasteiger partial charge is 0.270 e. The normalized spacial score (nSPS) is 20.0. The number of aryl methyl sites for hydroxylation is 1. The van der Waals surface area contributed by atoms with Crippen LogP contribution in [0.2, 0.25) is 0 Å². The molecule has 1 aliphatic carbocycles. The Hall–Kier alpha value is -1.81. The van der Waals surface area contributed by atoms with Gasteiger partial charge in [0.25, 0.3) is 5.92 Å². The van der Waals surface area contributed by atoms with Crippen LogP contribution in [0.15, 0.2) is 54.6 Å². The van der Waals surface area contributed by atoms with Gasteiger partial charge in [-0.25, -0.2) is 8.78 Å². The number of hydrogen-bond donors (Lipinski definition) is 0. The summed E-state index contributed by atoms with van der Waals surface area (Å²) < 4.78 is 32.9. The maximum atomic E-state index is 13.5. The Morgan fingerprint density at radius 2 is 1.86 bits per heavy atom. The van der Waals surface area contributed by atoms with Crippen molar-refractivity contribution >= 4 is 11.8 Å². The molecule has 0 radical (unpaired) electrons. The zero-order valence-electron chi connectivity index (χ0n) is 17.5. The quantitative estimate of drug-likeness (QED) is 0.422. The average Bonchev–Trinajstić information content (AvgIpc) is 2.69. The Balaban J connectivity index is 1.70. The fourth-order valence-electron chi connectivity index (χ4n) is 4.13. The SMILES string of the molecule is C=C1C(CCSC)CCCC1c1ccc(Oc2ccc(C(C)(F)F)cc2C)cc1. The number of rotatable bonds is 7. The minimum absolute atomic E-state index is 0.00420. The summed E-state index contributed by atoms with van der Waals surface area (Å²) in [6, 6.07) is 12.7. The van der Waals surface area contributed by atoms with Crippen LogP contribution >= 0.6 is 11.8 Å². The van der Waals surface area contributed by atoms with Crippen LogP contribution < -0.4 is 4.74 Å². The molecule has 2 aromatic carbocycles. The maximum absolute atomic E-state index is 13.5. The Morgan fingerprint density at radius 3 is 2.48 bits per heavy atom. The molecule has 1 fully saturated rings. The second-order valence-electron chi connectivity index (χ2n) is 8.08. The standard InChI is InChI=1S/C25H30F2OS/c1-17-16-21(25(3,26)27)10-13-24(17)28-22-11-8-20(9-12-22)23-7-5-6-19(18(23)2)14-15-29-4/h8-13,16,19,23H,2,5-7,14-15H2,1,3-4H3. The van der Waals surface area contributed by atoms with E-state index in [1.54, 1.807) is 13.0 Å². The monoisotopic (exact) mass is 416 g/mol. The topological polar surface area (TPSA) is 9.23 Å². The highest BCUT2D eigenvalue weighted by atomic mass is 32.2. The number of ether oxygens (including phenoxy) is 1. The van der Waals surface area contributed by atoms with Crippen molar-refractivity contribution in [3.8, 4) is 11.5 Å². The third-order valence-electron chi connectivity index (χ3n) is 5.88. The van der Waals surface area contributed by atoms with E-state index in [1.807, 2.05) is 23.9 Å². The van der Waals surface area contributed by atoms with E-state index in [9.17, 15) is 8.78 Å². The largest absolute Gasteiger partial charge is 0.457 e. The molecular formula is C25H30F2OS. The summed E-state index contributed by atoms with van der Waals surface area (Å²) in [7, 11) is 0. The van der Waals surface area contributed by atoms with Crippen molar-refractivity contribution in [3.05, 3.63) is 71.3 Å². The molecular weight excluding hydrogens is 386 g/mol. The van der Waals surface area contributed by atoms with Crippen molar-refractivity contribution < 1.29 is 13.5 Å². The van der Waals surface area contributed by atoms with E-state index in [-0.39, 0.29) is 5.56 Å². The van der Waals surface area contributed by atoms with Gasteiger partial charge in [0.1, 0.15) is 11.5 Å². The van der Waals surface area contributed by atoms with Gasteiger partial charge in [0.15, 0.2) is 0 Å². The first-order valence-electron chi connectivity index (χ1n) is 10.2. The second kappa shape index (κ2) is 9.34. The molecule has 0 aliphatic heterocycles. The molecule has 0 N–H and O–H groups in total. The zero-order chi connectivity index (χ0) is 21.0. The van der Waals surface area contributed by atoms with E-state index in [2.05, 4.69) is 25.0 Å². The van der Waals surface area contributed by atoms with Crippen molar-refractivity contribution in [1.82, 2.24) is 0 Å². The average molecular weight is 417 g/mol. The lowest BCUT2D eigenvalue weighted by molar-refractivity contribution is 0.0174. The van der Waals surface area contributed by atoms with Crippen LogP contribution in [0.5, 0.6) is 11.5 Å². The molecule has 0 aromatic heterocycles. The van der Waals surface area contributed by atoms with Gasteiger partial charge in [0.05, 0.1) is 0 Å². The first-order valence-corrected chi connectivity index (χ1v) is 11.6. The Labute approximate surface area is 177 Å². The Morgan fingerprint density at radius 1 is 1.14 bits per heavy atom. The van der Waals surface area contributed by atoms with Gasteiger partial charge in [0.2, 0.25) is 0 Å². The lowest BCUT2D eigenvalue weighted by Crippen LogP contribution is -2.18. The third-order valence-corrected chi connectivity index (χ3v) is 6.52. The number of hydrogen-bond acceptors (Lipinski definition) is 2. The molecule has 1 nitrogen and oxygen atoms in total. The number of halogens is 2. The Bertz CT molecular complexity index is 839. The molecule has 1 saturated carbocycles. The summed E-state index contributed by atoms with van der Waals surface area (Å²) in [6.45, 7) is 7.13. The number of alkyl halides is 2. The van der Waals surface area contributed by atoms with Crippen LogP contribution in [0.3, 0.4) is 0 Å². The predicted molar refractivity (Wildman–Crippen MR) is 119 cm³/mol. The fourth-order valence-corrected chi connectivity index (χ4v) is 4.65. The highest BCUT2D eigenvalue weighted by Gasteiger charge is 2.27. The van der Waals surface area contributed by atoms with Crippen molar-refractivity contribution in [3.63, 3.8) is 0 Å². The molecule has 1 aliphatic rings. The van der Waals surface area contributed by atoms with Crippen LogP contribution in [-0.4, -0.2) is 12.0 Å². The Kier molecular flexibility index (Phi) is 7.05. The van der Waals surface area contributed by atoms with Gasteiger partial charge >= 0.3 is 0 Å². The summed E-state index contributed by atoms with van der Waals surface area (Å²) in [6.07, 6.45) is 7.02. The van der Waals surface area contributed by atoms with Crippen molar-refractivity contribution in [2.45, 2.75) is 51.4 Å². The van der Waals surface area contributed by atoms with Gasteiger partial charge in [-0.05, 0) is 85.6 Å². The minimum Gasteiger partial charge on any atom is -0.457 e. The molecule has 2 unspecified atom stereocenters. The van der Waals surface area contributed by atoms with Crippen molar-refractivity contribution in [2.24, 2.45) is 5.92 Å². The van der Waals surface area contributed by atoms with Gasteiger partial charge in [-0.2, -0.15) is 11.8 Å². The van der Waals surface area contributed by atoms with E-state index < -0.39 is 5.92 Å². The van der Waals surface area contributed by atoms with E-state index in [0.717, 1.165) is 13.3 Å². The highest BCUT2D eigenvalue weighted by molar-refractivity contribution is 7.98. The molecule has 3 rings (SSSR count). The summed E-state index contributed by atoms with van der Waals surface area (Å²) >= 11 is 1.90. The highest BCUT2D eigenvalue weighted by Crippen LogP contribution is 2.42. The van der Waals surface area contributed by atoms with E-state index in [1.165, 1.54) is 48.3 Å². The molecule has 2 atom stereocenters. The predicted octanol–water partition coefficient (Wildman–Crippen LogP) is 8.09. The molecule has 0 heterocycles. The van der Waals surface area contributed by atoms with Crippen LogP contribution in [0, 0.1) is 12.8 Å². The van der Waals surface area contributed by atoms with Gasteiger partial charge in [-0.1, -0.05) is 30.7 Å². The molecule has 156 valence electrons. The lowest BCUT2D eigenvalue weighted by Gasteiger charge is -2.32. The van der Waals surface area contributed by atoms with E-state index >= 15 is 0 Å². The van der Waals surface area contributed by atoms with Gasteiger partial charge in [-0.3, -0.25) is 0 Å². The lowest BCUT2D eigenvalue weighted by atomic mass is 9.73. The zero-order valence-corrected chi connectivity index (χ0v) is 18.3. The van der Waals surface area contributed by atoms with Crippen LogP contribution in [0.4, 0.5) is 8.78 Å². The van der Waals surface area contributed by atoms with Crippen LogP contribution in [0.1, 0.15) is 55.2 Å². The first-order chi connectivity index (χ1) is 13.8. The van der Waals surface area contributed by atoms with E-state index in [0.29, 0.717) is 28.9 Å². The molecule has 0 amide bonds. The second-order valence-corrected chi connectivity index (χ2v) is 9.06. The summed E-state index contributed by atoms with van der Waals surface area (Å²) in [5.74, 6) is 0.692. The summed E-state index contributed by atoms with van der Waals surface area (Å²) in [5, 5.41) is 0. The number of allylic oxidation sites excluding steroid dienone is 1. The molecule has 0 spiro atoms. The molecule has 29 heavy (non-hydrogen) atoms. The van der Waals surface area contributed by atoms with Gasteiger partial charge in [-0.15, -0.1) is 0 Å². The molecule has 0 bridgehead atoms. The van der Waals surface area contributed by atoms with Crippen molar-refractivity contribution in [1.29, 1.82) is 0 Å². The van der Waals surface area contributed by atoms with Crippen molar-refractivity contribution in [2.75, 3.05) is 12.0 Å². The van der Waals surface area contributed by atoms with Gasteiger partial charge < -0.3 is 4.74 Å². The molecule has 0 saturated heterocycles.